The van der Waals surface area contributed by atoms with Gasteiger partial charge in [-0.1, -0.05) is 36.7 Å². The molecule has 0 aliphatic heterocycles. The van der Waals surface area contributed by atoms with Crippen LogP contribution < -0.4 is 5.73 Å². The Morgan fingerprint density at radius 3 is 2.68 bits per heavy atom. The van der Waals surface area contributed by atoms with Crippen LogP contribution in [0.3, 0.4) is 0 Å². The lowest BCUT2D eigenvalue weighted by atomic mass is 10.0. The van der Waals surface area contributed by atoms with E-state index in [1.54, 1.807) is 4.90 Å². The quantitative estimate of drug-likeness (QED) is 0.835. The van der Waals surface area contributed by atoms with Crippen LogP contribution in [-0.4, -0.2) is 24.4 Å². The van der Waals surface area contributed by atoms with Crippen molar-refractivity contribution in [2.75, 3.05) is 13.6 Å². The number of nitrogens with two attached hydrogens (primary N) is 1. The number of rotatable bonds is 7. The van der Waals surface area contributed by atoms with Crippen molar-refractivity contribution in [3.63, 3.8) is 0 Å². The highest BCUT2D eigenvalue weighted by Crippen LogP contribution is 2.17. The summed E-state index contributed by atoms with van der Waals surface area (Å²) >= 11 is 6.09. The van der Waals surface area contributed by atoms with Gasteiger partial charge in [0.05, 0.1) is 0 Å². The van der Waals surface area contributed by atoms with Crippen molar-refractivity contribution < 1.29 is 4.79 Å². The van der Waals surface area contributed by atoms with Gasteiger partial charge >= 0.3 is 0 Å². The van der Waals surface area contributed by atoms with E-state index in [-0.39, 0.29) is 5.91 Å². The summed E-state index contributed by atoms with van der Waals surface area (Å²) < 4.78 is 0. The summed E-state index contributed by atoms with van der Waals surface area (Å²) in [7, 11) is 1.82. The Morgan fingerprint density at radius 2 is 2.05 bits per heavy atom. The molecule has 1 atom stereocenters. The minimum atomic E-state index is 0.156. The maximum Gasteiger partial charge on any atom is 0.222 e. The van der Waals surface area contributed by atoms with E-state index in [1.165, 1.54) is 0 Å². The summed E-state index contributed by atoms with van der Waals surface area (Å²) in [5, 5.41) is 0.707. The van der Waals surface area contributed by atoms with E-state index < -0.39 is 0 Å². The minimum absolute atomic E-state index is 0.156. The van der Waals surface area contributed by atoms with Gasteiger partial charge in [0.1, 0.15) is 0 Å². The second-order valence-electron chi connectivity index (χ2n) is 5.06. The highest BCUT2D eigenvalue weighted by Gasteiger charge is 2.12. The molecule has 0 aromatic heterocycles. The summed E-state index contributed by atoms with van der Waals surface area (Å²) in [6.07, 6.45) is 2.44. The van der Waals surface area contributed by atoms with Crippen molar-refractivity contribution in [3.8, 4) is 0 Å². The fraction of sp³-hybridized carbons (Fsp3) is 0.533. The van der Waals surface area contributed by atoms with Gasteiger partial charge in [-0.15, -0.1) is 0 Å². The Hall–Kier alpha value is -1.06. The predicted octanol–water partition coefficient (Wildman–Crippen LogP) is 3.06. The molecule has 0 aliphatic carbocycles. The molecule has 19 heavy (non-hydrogen) atoms. The Morgan fingerprint density at radius 1 is 1.37 bits per heavy atom. The molecule has 1 rings (SSSR count). The third-order valence-corrected chi connectivity index (χ3v) is 3.67. The molecule has 0 heterocycles. The largest absolute Gasteiger partial charge is 0.341 e. The first-order valence-electron chi connectivity index (χ1n) is 6.72. The molecule has 1 amide bonds. The van der Waals surface area contributed by atoms with Crippen LogP contribution in [0.4, 0.5) is 0 Å². The molecule has 4 heteroatoms. The van der Waals surface area contributed by atoms with E-state index in [4.69, 9.17) is 17.3 Å². The number of benzene rings is 1. The van der Waals surface area contributed by atoms with Crippen molar-refractivity contribution in [1.82, 2.24) is 4.90 Å². The number of carbonyl (C=O) groups excluding carboxylic acids is 1. The van der Waals surface area contributed by atoms with Gasteiger partial charge in [0.25, 0.3) is 0 Å². The Bertz CT molecular complexity index is 409. The summed E-state index contributed by atoms with van der Waals surface area (Å²) in [4.78, 5) is 13.8. The summed E-state index contributed by atoms with van der Waals surface area (Å²) in [6.45, 7) is 3.38. The molecule has 0 saturated heterocycles. The second-order valence-corrected chi connectivity index (χ2v) is 5.47. The normalized spacial score (nSPS) is 12.2. The van der Waals surface area contributed by atoms with Gasteiger partial charge in [-0.05, 0) is 36.9 Å². The van der Waals surface area contributed by atoms with Crippen LogP contribution in [0.2, 0.25) is 5.02 Å². The molecule has 1 unspecified atom stereocenters. The molecule has 3 nitrogen and oxygen atoms in total. The Labute approximate surface area is 120 Å². The lowest BCUT2D eigenvalue weighted by Crippen LogP contribution is -2.26. The zero-order valence-corrected chi connectivity index (χ0v) is 12.5. The molecule has 1 aromatic rings. The first-order chi connectivity index (χ1) is 9.04. The molecule has 0 aliphatic rings. The van der Waals surface area contributed by atoms with E-state index in [9.17, 15) is 4.79 Å². The average molecular weight is 283 g/mol. The predicted molar refractivity (Wildman–Crippen MR) is 80.0 cm³/mol. The van der Waals surface area contributed by atoms with E-state index >= 15 is 0 Å². The summed E-state index contributed by atoms with van der Waals surface area (Å²) in [5.74, 6) is 0.659. The SMILES string of the molecule is CC(CCN)CCC(=O)N(C)Cc1ccccc1Cl. The number of hydrogen-bond acceptors (Lipinski definition) is 2. The van der Waals surface area contributed by atoms with Gasteiger partial charge in [-0.3, -0.25) is 4.79 Å². The lowest BCUT2D eigenvalue weighted by Gasteiger charge is -2.19. The van der Waals surface area contributed by atoms with Crippen LogP contribution in [0.1, 0.15) is 31.7 Å². The van der Waals surface area contributed by atoms with E-state index in [0.717, 1.165) is 18.4 Å². The molecule has 106 valence electrons. The van der Waals surface area contributed by atoms with Crippen molar-refractivity contribution in [2.45, 2.75) is 32.7 Å². The van der Waals surface area contributed by atoms with E-state index in [1.807, 2.05) is 31.3 Å². The van der Waals surface area contributed by atoms with Gasteiger partial charge in [-0.2, -0.15) is 0 Å². The molecule has 0 radical (unpaired) electrons. The molecule has 0 fully saturated rings. The average Bonchev–Trinajstić information content (AvgIpc) is 2.39. The monoisotopic (exact) mass is 282 g/mol. The maximum atomic E-state index is 12.0. The zero-order valence-electron chi connectivity index (χ0n) is 11.7. The number of halogens is 1. The lowest BCUT2D eigenvalue weighted by molar-refractivity contribution is -0.130. The molecular weight excluding hydrogens is 260 g/mol. The van der Waals surface area contributed by atoms with Crippen molar-refractivity contribution in [1.29, 1.82) is 0 Å². The smallest absolute Gasteiger partial charge is 0.222 e. The highest BCUT2D eigenvalue weighted by molar-refractivity contribution is 6.31. The highest BCUT2D eigenvalue weighted by atomic mass is 35.5. The molecule has 1 aromatic carbocycles. The van der Waals surface area contributed by atoms with Gasteiger partial charge in [-0.25, -0.2) is 0 Å². The van der Waals surface area contributed by atoms with Crippen LogP contribution in [0.25, 0.3) is 0 Å². The number of hydrogen-bond donors (Lipinski definition) is 1. The Kier molecular flexibility index (Phi) is 6.89. The number of carbonyl (C=O) groups is 1. The fourth-order valence-corrected chi connectivity index (χ4v) is 2.16. The first-order valence-corrected chi connectivity index (χ1v) is 7.09. The van der Waals surface area contributed by atoms with Crippen molar-refractivity contribution in [3.05, 3.63) is 34.9 Å². The third kappa shape index (κ3) is 5.62. The minimum Gasteiger partial charge on any atom is -0.341 e. The first kappa shape index (κ1) is 16.0. The van der Waals surface area contributed by atoms with Crippen molar-refractivity contribution >= 4 is 17.5 Å². The molecule has 0 bridgehead atoms. The second kappa shape index (κ2) is 8.18. The molecule has 2 N–H and O–H groups in total. The Balaban J connectivity index is 2.43. The topological polar surface area (TPSA) is 46.3 Å². The molecular formula is C15H23ClN2O. The van der Waals surface area contributed by atoms with Crippen LogP contribution in [-0.2, 0) is 11.3 Å². The zero-order chi connectivity index (χ0) is 14.3. The number of nitrogens with zero attached hydrogens (tertiary/aromatic N) is 1. The summed E-state index contributed by atoms with van der Waals surface area (Å²) in [6, 6.07) is 7.62. The standard InChI is InChI=1S/C15H23ClN2O/c1-12(9-10-17)7-8-15(19)18(2)11-13-5-3-4-6-14(13)16/h3-6,12H,7-11,17H2,1-2H3. The molecule has 0 saturated carbocycles. The van der Waals surface area contributed by atoms with Crippen LogP contribution in [0, 0.1) is 5.92 Å². The van der Waals surface area contributed by atoms with Gasteiger partial charge in [0.15, 0.2) is 0 Å². The fourth-order valence-electron chi connectivity index (χ4n) is 1.96. The van der Waals surface area contributed by atoms with Crippen LogP contribution in [0.15, 0.2) is 24.3 Å². The van der Waals surface area contributed by atoms with Gasteiger partial charge < -0.3 is 10.6 Å². The molecule has 0 spiro atoms. The summed E-state index contributed by atoms with van der Waals surface area (Å²) in [5.41, 5.74) is 6.49. The van der Waals surface area contributed by atoms with Gasteiger partial charge in [0, 0.05) is 25.0 Å². The third-order valence-electron chi connectivity index (χ3n) is 3.30. The number of amides is 1. The van der Waals surface area contributed by atoms with Crippen LogP contribution in [0.5, 0.6) is 0 Å². The maximum absolute atomic E-state index is 12.0. The van der Waals surface area contributed by atoms with Gasteiger partial charge in [0.2, 0.25) is 5.91 Å². The van der Waals surface area contributed by atoms with E-state index in [0.29, 0.717) is 30.5 Å². The van der Waals surface area contributed by atoms with Crippen LogP contribution >= 0.6 is 11.6 Å². The van der Waals surface area contributed by atoms with E-state index in [2.05, 4.69) is 6.92 Å². The van der Waals surface area contributed by atoms with Crippen molar-refractivity contribution in [2.24, 2.45) is 11.7 Å².